The predicted octanol–water partition coefficient (Wildman–Crippen LogP) is 5.11. The summed E-state index contributed by atoms with van der Waals surface area (Å²) in [6.07, 6.45) is 1.90. The monoisotopic (exact) mass is 296 g/mol. The van der Waals surface area contributed by atoms with E-state index in [4.69, 9.17) is 4.74 Å². The Balaban J connectivity index is 1.64. The van der Waals surface area contributed by atoms with Crippen LogP contribution in [0.1, 0.15) is 17.8 Å². The highest BCUT2D eigenvalue weighted by atomic mass is 32.1. The lowest BCUT2D eigenvalue weighted by molar-refractivity contribution is 0.483. The molecule has 1 aromatic heterocycles. The number of aromatic nitrogens is 1. The molecule has 0 saturated heterocycles. The lowest BCUT2D eigenvalue weighted by Gasteiger charge is -2.13. The number of nitrogens with zero attached hydrogens (tertiary/aromatic N) is 1. The van der Waals surface area contributed by atoms with Crippen LogP contribution in [-0.4, -0.2) is 4.98 Å². The number of anilines is 1. The van der Waals surface area contributed by atoms with Gasteiger partial charge in [-0.05, 0) is 43.3 Å². The fourth-order valence-electron chi connectivity index (χ4n) is 2.00. The largest absolute Gasteiger partial charge is 0.457 e. The lowest BCUT2D eigenvalue weighted by Crippen LogP contribution is -2.04. The van der Waals surface area contributed by atoms with E-state index in [2.05, 4.69) is 17.2 Å². The first-order valence-electron chi connectivity index (χ1n) is 6.79. The number of thiazole rings is 1. The molecule has 0 amide bonds. The number of benzene rings is 2. The van der Waals surface area contributed by atoms with Gasteiger partial charge in [-0.25, -0.2) is 0 Å². The van der Waals surface area contributed by atoms with Crippen LogP contribution in [0.5, 0.6) is 11.5 Å². The molecule has 1 unspecified atom stereocenters. The van der Waals surface area contributed by atoms with Crippen molar-refractivity contribution in [2.75, 3.05) is 5.32 Å². The van der Waals surface area contributed by atoms with Crippen LogP contribution in [0.15, 0.2) is 66.3 Å². The van der Waals surface area contributed by atoms with Gasteiger partial charge in [0.1, 0.15) is 11.5 Å². The zero-order valence-electron chi connectivity index (χ0n) is 11.7. The molecule has 3 rings (SSSR count). The number of nitrogens with one attached hydrogen (secondary N) is 1. The molecule has 1 N–H and O–H groups in total. The van der Waals surface area contributed by atoms with Crippen molar-refractivity contribution in [2.45, 2.75) is 13.0 Å². The Kier molecular flexibility index (Phi) is 4.17. The number of hydrogen-bond acceptors (Lipinski definition) is 4. The molecule has 21 heavy (non-hydrogen) atoms. The molecule has 0 saturated carbocycles. The van der Waals surface area contributed by atoms with Crippen molar-refractivity contribution in [2.24, 2.45) is 0 Å². The predicted molar refractivity (Wildman–Crippen MR) is 87.1 cm³/mol. The molecule has 0 aliphatic rings. The second-order valence-corrected chi connectivity index (χ2v) is 5.63. The zero-order chi connectivity index (χ0) is 14.5. The Morgan fingerprint density at radius 1 is 1.00 bits per heavy atom. The maximum Gasteiger partial charge on any atom is 0.127 e. The van der Waals surface area contributed by atoms with Crippen molar-refractivity contribution in [3.63, 3.8) is 0 Å². The molecule has 3 aromatic rings. The quantitative estimate of drug-likeness (QED) is 0.710. The Morgan fingerprint density at radius 3 is 2.38 bits per heavy atom. The van der Waals surface area contributed by atoms with Crippen molar-refractivity contribution in [3.8, 4) is 11.5 Å². The van der Waals surface area contributed by atoms with Gasteiger partial charge in [0, 0.05) is 16.8 Å². The number of rotatable bonds is 5. The van der Waals surface area contributed by atoms with E-state index < -0.39 is 0 Å². The van der Waals surface area contributed by atoms with Gasteiger partial charge in [-0.3, -0.25) is 4.98 Å². The highest BCUT2D eigenvalue weighted by molar-refractivity contribution is 7.09. The van der Waals surface area contributed by atoms with Gasteiger partial charge in [0.15, 0.2) is 0 Å². The fraction of sp³-hybridized carbons (Fsp3) is 0.118. The summed E-state index contributed by atoms with van der Waals surface area (Å²) in [5, 5.41) is 3.45. The van der Waals surface area contributed by atoms with E-state index >= 15 is 0 Å². The van der Waals surface area contributed by atoms with Crippen molar-refractivity contribution in [1.29, 1.82) is 0 Å². The van der Waals surface area contributed by atoms with Crippen molar-refractivity contribution in [1.82, 2.24) is 4.98 Å². The van der Waals surface area contributed by atoms with Crippen LogP contribution in [0.2, 0.25) is 0 Å². The molecule has 0 spiro atoms. The van der Waals surface area contributed by atoms with Gasteiger partial charge in [-0.2, -0.15) is 0 Å². The maximum absolute atomic E-state index is 5.77. The van der Waals surface area contributed by atoms with Crippen molar-refractivity contribution >= 4 is 17.0 Å². The van der Waals surface area contributed by atoms with Gasteiger partial charge in [0.05, 0.1) is 11.6 Å². The third-order valence-electron chi connectivity index (χ3n) is 3.09. The summed E-state index contributed by atoms with van der Waals surface area (Å²) in [4.78, 5) is 5.33. The second-order valence-electron chi connectivity index (χ2n) is 4.71. The van der Waals surface area contributed by atoms with Gasteiger partial charge in [-0.1, -0.05) is 18.2 Å². The zero-order valence-corrected chi connectivity index (χ0v) is 12.5. The number of ether oxygens (including phenoxy) is 1. The lowest BCUT2D eigenvalue weighted by atomic mass is 10.2. The van der Waals surface area contributed by atoms with Gasteiger partial charge >= 0.3 is 0 Å². The highest BCUT2D eigenvalue weighted by Gasteiger charge is 2.06. The minimum atomic E-state index is 0.249. The normalized spacial score (nSPS) is 11.9. The molecule has 106 valence electrons. The molecule has 1 atom stereocenters. The van der Waals surface area contributed by atoms with Gasteiger partial charge in [0.25, 0.3) is 0 Å². The first-order valence-corrected chi connectivity index (χ1v) is 7.67. The third kappa shape index (κ3) is 3.61. The summed E-state index contributed by atoms with van der Waals surface area (Å²) in [6, 6.07) is 18.0. The summed E-state index contributed by atoms with van der Waals surface area (Å²) < 4.78 is 5.77. The fourth-order valence-corrected chi connectivity index (χ4v) is 2.63. The van der Waals surface area contributed by atoms with Crippen LogP contribution in [-0.2, 0) is 0 Å². The minimum Gasteiger partial charge on any atom is -0.457 e. The summed E-state index contributed by atoms with van der Waals surface area (Å²) in [7, 11) is 0. The van der Waals surface area contributed by atoms with E-state index in [1.165, 1.54) is 4.88 Å². The molecule has 0 radical (unpaired) electrons. The summed E-state index contributed by atoms with van der Waals surface area (Å²) >= 11 is 1.66. The molecule has 4 heteroatoms. The molecule has 2 aromatic carbocycles. The molecule has 0 aliphatic carbocycles. The molecule has 0 bridgehead atoms. The molecular formula is C17H16N2OS. The summed E-state index contributed by atoms with van der Waals surface area (Å²) in [5.74, 6) is 1.67. The molecule has 1 heterocycles. The van der Waals surface area contributed by atoms with Crippen LogP contribution in [0.4, 0.5) is 5.69 Å². The summed E-state index contributed by atoms with van der Waals surface area (Å²) in [5.41, 5.74) is 2.92. The first kappa shape index (κ1) is 13.6. The Bertz CT molecular complexity index is 666. The Labute approximate surface area is 128 Å². The van der Waals surface area contributed by atoms with Crippen LogP contribution < -0.4 is 10.1 Å². The van der Waals surface area contributed by atoms with Crippen LogP contribution in [0.3, 0.4) is 0 Å². The van der Waals surface area contributed by atoms with E-state index in [-0.39, 0.29) is 6.04 Å². The topological polar surface area (TPSA) is 34.1 Å². The smallest absolute Gasteiger partial charge is 0.127 e. The highest BCUT2D eigenvalue weighted by Crippen LogP contribution is 2.25. The number of para-hydroxylation sites is 1. The first-order chi connectivity index (χ1) is 10.3. The van der Waals surface area contributed by atoms with Crippen LogP contribution >= 0.6 is 11.3 Å². The standard InChI is InChI=1S/C17H16N2OS/c1-13(17-11-18-12-21-17)19-14-7-9-16(10-8-14)20-15-5-3-2-4-6-15/h2-13,19H,1H3. The minimum absolute atomic E-state index is 0.249. The van der Waals surface area contributed by atoms with E-state index in [1.807, 2.05) is 66.3 Å². The van der Waals surface area contributed by atoms with Crippen molar-refractivity contribution < 1.29 is 4.74 Å². The molecule has 0 aliphatic heterocycles. The second kappa shape index (κ2) is 6.41. The van der Waals surface area contributed by atoms with E-state index in [9.17, 15) is 0 Å². The van der Waals surface area contributed by atoms with E-state index in [0.717, 1.165) is 17.2 Å². The Hall–Kier alpha value is -2.33. The molecule has 0 fully saturated rings. The Morgan fingerprint density at radius 2 is 1.71 bits per heavy atom. The SMILES string of the molecule is CC(Nc1ccc(Oc2ccccc2)cc1)c1cncs1. The molecule has 3 nitrogen and oxygen atoms in total. The third-order valence-corrected chi connectivity index (χ3v) is 4.05. The molecular weight excluding hydrogens is 280 g/mol. The van der Waals surface area contributed by atoms with E-state index in [1.54, 1.807) is 11.3 Å². The van der Waals surface area contributed by atoms with E-state index in [0.29, 0.717) is 0 Å². The number of hydrogen-bond donors (Lipinski definition) is 1. The summed E-state index contributed by atoms with van der Waals surface area (Å²) in [6.45, 7) is 2.13. The van der Waals surface area contributed by atoms with Crippen LogP contribution in [0, 0.1) is 0 Å². The van der Waals surface area contributed by atoms with Gasteiger partial charge in [0.2, 0.25) is 0 Å². The average Bonchev–Trinajstić information content (AvgIpc) is 3.05. The van der Waals surface area contributed by atoms with Crippen LogP contribution in [0.25, 0.3) is 0 Å². The average molecular weight is 296 g/mol. The van der Waals surface area contributed by atoms with Crippen molar-refractivity contribution in [3.05, 3.63) is 71.2 Å². The maximum atomic E-state index is 5.77. The van der Waals surface area contributed by atoms with Gasteiger partial charge in [-0.15, -0.1) is 11.3 Å². The van der Waals surface area contributed by atoms with Gasteiger partial charge < -0.3 is 10.1 Å².